The van der Waals surface area contributed by atoms with Crippen molar-refractivity contribution < 1.29 is 9.21 Å². The topological polar surface area (TPSA) is 30.2 Å². The predicted octanol–water partition coefficient (Wildman–Crippen LogP) is 3.17. The number of aryl methyl sites for hydroxylation is 3. The van der Waals surface area contributed by atoms with Crippen molar-refractivity contribution >= 4 is 17.3 Å². The minimum Gasteiger partial charge on any atom is -0.453 e. The summed E-state index contributed by atoms with van der Waals surface area (Å²) in [5.41, 5.74) is 4.32. The first-order valence-corrected chi connectivity index (χ1v) is 4.59. The van der Waals surface area contributed by atoms with E-state index in [0.29, 0.717) is 5.76 Å². The summed E-state index contributed by atoms with van der Waals surface area (Å²) in [6, 6.07) is 3.88. The average molecular weight is 188 g/mol. The van der Waals surface area contributed by atoms with Crippen LogP contribution in [-0.2, 0) is 0 Å². The van der Waals surface area contributed by atoms with Crippen LogP contribution in [0.25, 0.3) is 11.0 Å². The van der Waals surface area contributed by atoms with Crippen molar-refractivity contribution in [3.05, 3.63) is 34.6 Å². The average Bonchev–Trinajstić information content (AvgIpc) is 2.58. The summed E-state index contributed by atoms with van der Waals surface area (Å²) >= 11 is 0. The zero-order valence-corrected chi connectivity index (χ0v) is 8.55. The largest absolute Gasteiger partial charge is 0.453 e. The summed E-state index contributed by atoms with van der Waals surface area (Å²) in [6.07, 6.45) is 0.744. The van der Waals surface area contributed by atoms with Gasteiger partial charge in [0.25, 0.3) is 0 Å². The minimum absolute atomic E-state index is 0.400. The molecule has 0 N–H and O–H groups in total. The lowest BCUT2D eigenvalue weighted by atomic mass is 10.0. The maximum absolute atomic E-state index is 10.6. The maximum Gasteiger partial charge on any atom is 0.185 e. The fraction of sp³-hybridized carbons (Fsp3) is 0.250. The molecule has 0 aliphatic carbocycles. The summed E-state index contributed by atoms with van der Waals surface area (Å²) in [7, 11) is 0. The number of carbonyl (C=O) groups excluding carboxylic acids is 1. The molecule has 1 aromatic carbocycles. The second-order valence-electron chi connectivity index (χ2n) is 3.64. The Bertz CT molecular complexity index is 507. The van der Waals surface area contributed by atoms with Crippen molar-refractivity contribution in [2.45, 2.75) is 20.8 Å². The van der Waals surface area contributed by atoms with E-state index < -0.39 is 0 Å². The summed E-state index contributed by atoms with van der Waals surface area (Å²) in [5.74, 6) is 0.400. The van der Waals surface area contributed by atoms with E-state index in [1.54, 1.807) is 6.07 Å². The van der Waals surface area contributed by atoms with Gasteiger partial charge in [-0.25, -0.2) is 0 Å². The second kappa shape index (κ2) is 2.98. The van der Waals surface area contributed by atoms with Gasteiger partial charge in [-0.2, -0.15) is 0 Å². The van der Waals surface area contributed by atoms with Gasteiger partial charge >= 0.3 is 0 Å². The second-order valence-corrected chi connectivity index (χ2v) is 3.64. The van der Waals surface area contributed by atoms with Crippen LogP contribution in [-0.4, -0.2) is 6.29 Å². The molecule has 0 bridgehead atoms. The van der Waals surface area contributed by atoms with Crippen LogP contribution >= 0.6 is 0 Å². The number of furan rings is 1. The van der Waals surface area contributed by atoms with Gasteiger partial charge in [0.1, 0.15) is 5.58 Å². The van der Waals surface area contributed by atoms with Crippen LogP contribution in [0.2, 0.25) is 0 Å². The molecule has 0 saturated heterocycles. The third-order valence-electron chi connectivity index (χ3n) is 2.65. The van der Waals surface area contributed by atoms with Crippen molar-refractivity contribution in [1.82, 2.24) is 0 Å². The first-order chi connectivity index (χ1) is 6.63. The van der Waals surface area contributed by atoms with Gasteiger partial charge in [0.15, 0.2) is 12.0 Å². The van der Waals surface area contributed by atoms with Crippen LogP contribution in [0.15, 0.2) is 16.5 Å². The highest BCUT2D eigenvalue weighted by Gasteiger charge is 2.09. The number of benzene rings is 1. The van der Waals surface area contributed by atoms with Gasteiger partial charge in [0.05, 0.1) is 0 Å². The highest BCUT2D eigenvalue weighted by molar-refractivity contribution is 5.89. The van der Waals surface area contributed by atoms with Crippen LogP contribution in [0.4, 0.5) is 0 Å². The van der Waals surface area contributed by atoms with Gasteiger partial charge in [-0.1, -0.05) is 6.07 Å². The Morgan fingerprint density at radius 3 is 2.50 bits per heavy atom. The van der Waals surface area contributed by atoms with Crippen LogP contribution in [0.5, 0.6) is 0 Å². The van der Waals surface area contributed by atoms with Crippen molar-refractivity contribution in [3.8, 4) is 0 Å². The molecule has 0 atom stereocenters. The van der Waals surface area contributed by atoms with E-state index in [0.717, 1.165) is 22.8 Å². The number of carbonyl (C=O) groups is 1. The molecular weight excluding hydrogens is 176 g/mol. The Kier molecular flexibility index (Phi) is 1.92. The molecule has 0 saturated carbocycles. The van der Waals surface area contributed by atoms with E-state index >= 15 is 0 Å². The highest BCUT2D eigenvalue weighted by atomic mass is 16.3. The first kappa shape index (κ1) is 9.00. The number of hydrogen-bond donors (Lipinski definition) is 0. The van der Waals surface area contributed by atoms with E-state index in [1.165, 1.54) is 11.1 Å². The Morgan fingerprint density at radius 1 is 1.14 bits per heavy atom. The summed E-state index contributed by atoms with van der Waals surface area (Å²) in [6.45, 7) is 6.10. The molecule has 14 heavy (non-hydrogen) atoms. The van der Waals surface area contributed by atoms with E-state index in [-0.39, 0.29) is 0 Å². The van der Waals surface area contributed by atoms with Crippen LogP contribution in [0.3, 0.4) is 0 Å². The van der Waals surface area contributed by atoms with Crippen molar-refractivity contribution in [1.29, 1.82) is 0 Å². The molecule has 0 aliphatic heterocycles. The third kappa shape index (κ3) is 1.15. The van der Waals surface area contributed by atoms with E-state index in [4.69, 9.17) is 4.42 Å². The number of fused-ring (bicyclic) bond motifs is 1. The van der Waals surface area contributed by atoms with Crippen LogP contribution in [0.1, 0.15) is 27.2 Å². The quantitative estimate of drug-likeness (QED) is 0.643. The fourth-order valence-corrected chi connectivity index (χ4v) is 1.75. The smallest absolute Gasteiger partial charge is 0.185 e. The van der Waals surface area contributed by atoms with Gasteiger partial charge in [0.2, 0.25) is 0 Å². The molecule has 0 amide bonds. The van der Waals surface area contributed by atoms with Crippen LogP contribution in [0, 0.1) is 20.8 Å². The lowest BCUT2D eigenvalue weighted by Gasteiger charge is -2.02. The van der Waals surface area contributed by atoms with Crippen LogP contribution < -0.4 is 0 Å². The summed E-state index contributed by atoms with van der Waals surface area (Å²) < 4.78 is 5.42. The van der Waals surface area contributed by atoms with Gasteiger partial charge in [-0.3, -0.25) is 4.79 Å². The molecule has 72 valence electrons. The Balaban J connectivity index is 2.90. The Hall–Kier alpha value is -1.57. The number of rotatable bonds is 1. The molecule has 1 aromatic heterocycles. The van der Waals surface area contributed by atoms with Gasteiger partial charge < -0.3 is 4.42 Å². The van der Waals surface area contributed by atoms with Crippen molar-refractivity contribution in [3.63, 3.8) is 0 Å². The highest BCUT2D eigenvalue weighted by Crippen LogP contribution is 2.27. The normalized spacial score (nSPS) is 10.8. The molecule has 0 unspecified atom stereocenters. The van der Waals surface area contributed by atoms with E-state index in [2.05, 4.69) is 13.0 Å². The van der Waals surface area contributed by atoms with Gasteiger partial charge in [0, 0.05) is 5.39 Å². The van der Waals surface area contributed by atoms with Crippen molar-refractivity contribution in [2.75, 3.05) is 0 Å². The fourth-order valence-electron chi connectivity index (χ4n) is 1.75. The molecule has 0 aliphatic rings. The summed E-state index contributed by atoms with van der Waals surface area (Å²) in [5, 5.41) is 1.05. The van der Waals surface area contributed by atoms with Crippen molar-refractivity contribution in [2.24, 2.45) is 0 Å². The molecular formula is C12H12O2. The Labute approximate surface area is 82.5 Å². The molecule has 1 heterocycles. The molecule has 2 heteroatoms. The molecule has 2 rings (SSSR count). The molecule has 0 fully saturated rings. The lowest BCUT2D eigenvalue weighted by Crippen LogP contribution is -1.83. The number of aldehydes is 1. The standard InChI is InChI=1S/C12H12O2/c1-7-4-8(2)12-11(9(7)3)5-10(6-13)14-12/h4-6H,1-3H3. The van der Waals surface area contributed by atoms with Gasteiger partial charge in [-0.05, 0) is 43.5 Å². The predicted molar refractivity (Wildman–Crippen MR) is 55.8 cm³/mol. The first-order valence-electron chi connectivity index (χ1n) is 4.59. The zero-order valence-electron chi connectivity index (χ0n) is 8.55. The lowest BCUT2D eigenvalue weighted by molar-refractivity contribution is 0.110. The maximum atomic E-state index is 10.6. The molecule has 0 radical (unpaired) electrons. The molecule has 2 nitrogen and oxygen atoms in total. The number of hydrogen-bond acceptors (Lipinski definition) is 2. The zero-order chi connectivity index (χ0) is 10.3. The van der Waals surface area contributed by atoms with E-state index in [9.17, 15) is 4.79 Å². The monoisotopic (exact) mass is 188 g/mol. The third-order valence-corrected chi connectivity index (χ3v) is 2.65. The van der Waals surface area contributed by atoms with E-state index in [1.807, 2.05) is 13.8 Å². The summed E-state index contributed by atoms with van der Waals surface area (Å²) in [4.78, 5) is 10.6. The minimum atomic E-state index is 0.400. The van der Waals surface area contributed by atoms with Gasteiger partial charge in [-0.15, -0.1) is 0 Å². The Morgan fingerprint density at radius 2 is 1.86 bits per heavy atom. The molecule has 2 aromatic rings. The SMILES string of the molecule is Cc1cc(C)c2oc(C=O)cc2c1C. The molecule has 0 spiro atoms.